The molecule has 0 heterocycles. The maximum absolute atomic E-state index is 12.6. The van der Waals surface area contributed by atoms with Crippen LogP contribution in [0.4, 0.5) is 0 Å². The van der Waals surface area contributed by atoms with Crippen LogP contribution in [0.15, 0.2) is 48.6 Å². The number of ether oxygens (including phenoxy) is 2. The molecule has 4 N–H and O–H groups in total. The van der Waals surface area contributed by atoms with E-state index in [2.05, 4.69) is 67.0 Å². The van der Waals surface area contributed by atoms with Crippen LogP contribution in [0.2, 0.25) is 0 Å². The van der Waals surface area contributed by atoms with Crippen molar-refractivity contribution < 1.29 is 47.5 Å². The highest BCUT2D eigenvalue weighted by atomic mass is 31.2. The van der Waals surface area contributed by atoms with Crippen molar-refractivity contribution in [3.63, 3.8) is 0 Å². The summed E-state index contributed by atoms with van der Waals surface area (Å²) in [6.07, 6.45) is 41.7. The van der Waals surface area contributed by atoms with Gasteiger partial charge in [0.1, 0.15) is 12.6 Å². The summed E-state index contributed by atoms with van der Waals surface area (Å²) in [5.74, 6) is -2.42. The molecular formula is C43H76NO10P. The Bertz CT molecular complexity index is 1120. The Morgan fingerprint density at radius 1 is 0.564 bits per heavy atom. The van der Waals surface area contributed by atoms with Crippen molar-refractivity contribution in [3.05, 3.63) is 48.6 Å². The number of hydrogen-bond donors (Lipinski definition) is 3. The Labute approximate surface area is 333 Å². The van der Waals surface area contributed by atoms with E-state index in [-0.39, 0.29) is 19.4 Å². The molecule has 11 nitrogen and oxygen atoms in total. The fourth-order valence-corrected chi connectivity index (χ4v) is 6.24. The van der Waals surface area contributed by atoms with Crippen molar-refractivity contribution in [2.75, 3.05) is 19.8 Å². The van der Waals surface area contributed by atoms with Gasteiger partial charge in [0.05, 0.1) is 13.2 Å². The van der Waals surface area contributed by atoms with E-state index in [0.29, 0.717) is 12.8 Å². The molecule has 0 aliphatic rings. The number of aliphatic carboxylic acids is 1. The number of carbonyl (C=O) groups excluding carboxylic acids is 2. The van der Waals surface area contributed by atoms with Crippen LogP contribution in [0.5, 0.6) is 0 Å². The second-order valence-corrected chi connectivity index (χ2v) is 15.6. The van der Waals surface area contributed by atoms with Crippen molar-refractivity contribution >= 4 is 25.7 Å². The van der Waals surface area contributed by atoms with Crippen LogP contribution in [0, 0.1) is 0 Å². The molecule has 0 aromatic carbocycles. The molecule has 0 rings (SSSR count). The van der Waals surface area contributed by atoms with Gasteiger partial charge in [0.15, 0.2) is 6.10 Å². The van der Waals surface area contributed by atoms with E-state index >= 15 is 0 Å². The number of carbonyl (C=O) groups is 3. The molecule has 318 valence electrons. The molecule has 0 fully saturated rings. The minimum absolute atomic E-state index is 0.155. The van der Waals surface area contributed by atoms with Gasteiger partial charge in [0.2, 0.25) is 0 Å². The second-order valence-electron chi connectivity index (χ2n) is 14.1. The highest BCUT2D eigenvalue weighted by Gasteiger charge is 2.28. The number of carboxylic acid groups (broad SMARTS) is 1. The first-order valence-corrected chi connectivity index (χ1v) is 22.7. The van der Waals surface area contributed by atoms with Crippen LogP contribution < -0.4 is 5.73 Å². The van der Waals surface area contributed by atoms with E-state index in [1.807, 2.05) is 0 Å². The quantitative estimate of drug-likeness (QED) is 0.0234. The number of hydrogen-bond acceptors (Lipinski definition) is 9. The lowest BCUT2D eigenvalue weighted by Crippen LogP contribution is -2.34. The van der Waals surface area contributed by atoms with E-state index < -0.39 is 51.1 Å². The molecule has 0 amide bonds. The lowest BCUT2D eigenvalue weighted by molar-refractivity contribution is -0.161. The maximum Gasteiger partial charge on any atom is 0.472 e. The SMILES string of the molecule is CCCCC/C=C/C/C=C/C/C=C/C/C=C/CCCCCC(=O)OC[C@@H](COP(=O)(O)OC[C@@H](N)C(=O)O)OC(=O)CCCCCCCCCCCCCC. The van der Waals surface area contributed by atoms with Crippen molar-refractivity contribution in [2.24, 2.45) is 5.73 Å². The largest absolute Gasteiger partial charge is 0.480 e. The summed E-state index contributed by atoms with van der Waals surface area (Å²) >= 11 is 0. The Morgan fingerprint density at radius 3 is 1.47 bits per heavy atom. The van der Waals surface area contributed by atoms with Crippen molar-refractivity contribution in [1.82, 2.24) is 0 Å². The number of unbranched alkanes of at least 4 members (excludes halogenated alkanes) is 17. The third-order valence-electron chi connectivity index (χ3n) is 8.83. The van der Waals surface area contributed by atoms with Gasteiger partial charge < -0.3 is 25.2 Å². The first kappa shape index (κ1) is 52.4. The third-order valence-corrected chi connectivity index (χ3v) is 9.78. The Hall–Kier alpha value is -2.56. The van der Waals surface area contributed by atoms with Crippen LogP contribution in [0.3, 0.4) is 0 Å². The number of rotatable bonds is 39. The number of esters is 2. The molecule has 0 spiro atoms. The fraction of sp³-hybridized carbons (Fsp3) is 0.744. The van der Waals surface area contributed by atoms with E-state index in [0.717, 1.165) is 57.8 Å². The number of phosphoric ester groups is 1. The monoisotopic (exact) mass is 798 g/mol. The molecule has 0 aliphatic carbocycles. The van der Waals surface area contributed by atoms with Gasteiger partial charge in [-0.2, -0.15) is 0 Å². The number of carboxylic acids is 1. The zero-order valence-corrected chi connectivity index (χ0v) is 35.2. The zero-order chi connectivity index (χ0) is 40.7. The minimum atomic E-state index is -4.72. The molecule has 55 heavy (non-hydrogen) atoms. The van der Waals surface area contributed by atoms with Crippen LogP contribution >= 0.6 is 7.82 Å². The van der Waals surface area contributed by atoms with Crippen LogP contribution in [-0.4, -0.2) is 59.9 Å². The summed E-state index contributed by atoms with van der Waals surface area (Å²) in [6.45, 7) is 2.73. The third kappa shape index (κ3) is 38.1. The normalized spacial score (nSPS) is 14.3. The predicted molar refractivity (Wildman–Crippen MR) is 222 cm³/mol. The molecule has 1 unspecified atom stereocenters. The summed E-state index contributed by atoms with van der Waals surface area (Å²) in [5.41, 5.74) is 5.32. The molecule has 12 heteroatoms. The lowest BCUT2D eigenvalue weighted by atomic mass is 10.0. The molecule has 0 aromatic heterocycles. The number of allylic oxidation sites excluding steroid dienone is 8. The van der Waals surface area contributed by atoms with Gasteiger partial charge in [-0.05, 0) is 57.8 Å². The van der Waals surface area contributed by atoms with E-state index in [4.69, 9.17) is 24.8 Å². The van der Waals surface area contributed by atoms with Gasteiger partial charge in [0.25, 0.3) is 0 Å². The zero-order valence-electron chi connectivity index (χ0n) is 34.3. The minimum Gasteiger partial charge on any atom is -0.480 e. The topological polar surface area (TPSA) is 172 Å². The van der Waals surface area contributed by atoms with Gasteiger partial charge in [-0.15, -0.1) is 0 Å². The van der Waals surface area contributed by atoms with E-state index in [9.17, 15) is 23.8 Å². The molecule has 0 aliphatic heterocycles. The van der Waals surface area contributed by atoms with Gasteiger partial charge in [0, 0.05) is 12.8 Å². The molecule has 0 bridgehead atoms. The Morgan fingerprint density at radius 2 is 0.964 bits per heavy atom. The summed E-state index contributed by atoms with van der Waals surface area (Å²) < 4.78 is 32.6. The maximum atomic E-state index is 12.6. The summed E-state index contributed by atoms with van der Waals surface area (Å²) in [4.78, 5) is 45.9. The first-order chi connectivity index (χ1) is 26.6. The predicted octanol–water partition coefficient (Wildman–Crippen LogP) is 11.0. The average Bonchev–Trinajstić information content (AvgIpc) is 3.16. The molecule has 3 atom stereocenters. The highest BCUT2D eigenvalue weighted by molar-refractivity contribution is 7.47. The van der Waals surface area contributed by atoms with Gasteiger partial charge in [-0.3, -0.25) is 23.4 Å². The molecule has 0 radical (unpaired) electrons. The van der Waals surface area contributed by atoms with Crippen LogP contribution in [0.25, 0.3) is 0 Å². The number of nitrogens with two attached hydrogens (primary N) is 1. The lowest BCUT2D eigenvalue weighted by Gasteiger charge is -2.20. The van der Waals surface area contributed by atoms with Crippen molar-refractivity contribution in [2.45, 2.75) is 187 Å². The van der Waals surface area contributed by atoms with Crippen LogP contribution in [-0.2, 0) is 37.5 Å². The first-order valence-electron chi connectivity index (χ1n) is 21.2. The molecule has 0 aromatic rings. The fourth-order valence-electron chi connectivity index (χ4n) is 5.46. The Balaban J connectivity index is 4.42. The number of phosphoric acid groups is 1. The van der Waals surface area contributed by atoms with Gasteiger partial charge in [-0.25, -0.2) is 4.57 Å². The smallest absolute Gasteiger partial charge is 0.472 e. The van der Waals surface area contributed by atoms with Crippen molar-refractivity contribution in [1.29, 1.82) is 0 Å². The standard InChI is InChI=1S/C43H76NO10P/c1-3-5-7-9-11-13-15-17-18-19-20-21-22-23-25-26-28-30-32-34-41(45)51-36-39(37-52-55(49,50)53-38-40(44)43(47)48)54-42(46)35-33-31-29-27-24-16-14-12-10-8-6-4-2/h11,13,17-18,20-21,23,25,39-40H,3-10,12,14-16,19,22,24,26-38,44H2,1-2H3,(H,47,48)(H,49,50)/b13-11+,18-17+,21-20+,25-23+/t39-,40+/m0/s1. The summed E-state index contributed by atoms with van der Waals surface area (Å²) in [5, 5.41) is 8.87. The molecular weight excluding hydrogens is 721 g/mol. The van der Waals surface area contributed by atoms with Crippen LogP contribution in [0.1, 0.15) is 174 Å². The summed E-state index contributed by atoms with van der Waals surface area (Å²) in [7, 11) is -4.72. The molecule has 0 saturated carbocycles. The van der Waals surface area contributed by atoms with E-state index in [1.165, 1.54) is 77.0 Å². The summed E-state index contributed by atoms with van der Waals surface area (Å²) in [6, 6.07) is -1.53. The second kappa shape index (κ2) is 38.3. The van der Waals surface area contributed by atoms with E-state index in [1.54, 1.807) is 0 Å². The van der Waals surface area contributed by atoms with Gasteiger partial charge >= 0.3 is 25.7 Å². The average molecular weight is 798 g/mol. The molecule has 0 saturated heterocycles. The van der Waals surface area contributed by atoms with Gasteiger partial charge in [-0.1, -0.05) is 152 Å². The van der Waals surface area contributed by atoms with Crippen molar-refractivity contribution in [3.8, 4) is 0 Å². The Kier molecular flexibility index (Phi) is 36.5. The highest BCUT2D eigenvalue weighted by Crippen LogP contribution is 2.43.